The minimum atomic E-state index is -5.12. The maximum Gasteiger partial charge on any atom is 0.573 e. The molecule has 4 amide bonds. The number of hydrogen-bond acceptors (Lipinski definition) is 8. The smallest absolute Gasteiger partial charge is 0.508 e. The summed E-state index contributed by atoms with van der Waals surface area (Å²) in [6.07, 6.45) is -3.54. The van der Waals surface area contributed by atoms with E-state index < -0.39 is 82.3 Å². The van der Waals surface area contributed by atoms with Crippen LogP contribution in [0.4, 0.5) is 40.3 Å². The summed E-state index contributed by atoms with van der Waals surface area (Å²) in [5, 5.41) is 15.9. The van der Waals surface area contributed by atoms with Crippen molar-refractivity contribution in [2.24, 2.45) is 23.7 Å². The van der Waals surface area contributed by atoms with Crippen LogP contribution in [0.1, 0.15) is 29.9 Å². The second kappa shape index (κ2) is 14.6. The van der Waals surface area contributed by atoms with Gasteiger partial charge in [-0.25, -0.2) is 4.39 Å². The molecule has 3 fully saturated rings. The number of rotatable bonds is 8. The second-order valence-corrected chi connectivity index (χ2v) is 15.6. The number of halogens is 5. The number of ether oxygens (including phenoxy) is 1. The van der Waals surface area contributed by atoms with Crippen LogP contribution in [0.25, 0.3) is 0 Å². The van der Waals surface area contributed by atoms with E-state index in [0.717, 1.165) is 45.9 Å². The third-order valence-electron chi connectivity index (χ3n) is 12.0. The molecule has 0 spiro atoms. The molecule has 15 heteroatoms. The van der Waals surface area contributed by atoms with Crippen LogP contribution in [-0.2, 0) is 24.6 Å². The van der Waals surface area contributed by atoms with Crippen molar-refractivity contribution in [3.05, 3.63) is 155 Å². The molecule has 304 valence electrons. The highest BCUT2D eigenvalue weighted by atomic mass is 35.5. The molecule has 9 rings (SSSR count). The van der Waals surface area contributed by atoms with Crippen LogP contribution >= 0.6 is 11.6 Å². The largest absolute Gasteiger partial charge is 0.573 e. The third kappa shape index (κ3) is 6.42. The lowest BCUT2D eigenvalue weighted by Gasteiger charge is -2.50. The van der Waals surface area contributed by atoms with Crippen molar-refractivity contribution < 1.29 is 46.6 Å². The Labute approximate surface area is 345 Å². The maximum absolute atomic E-state index is 15.3. The number of phenolic OH excluding ortho intramolecular Hbond substituents is 1. The van der Waals surface area contributed by atoms with Crippen LogP contribution in [0.3, 0.4) is 0 Å². The molecule has 0 aromatic heterocycles. The van der Waals surface area contributed by atoms with Gasteiger partial charge in [0.15, 0.2) is 0 Å². The average molecular weight is 837 g/mol. The van der Waals surface area contributed by atoms with Crippen molar-refractivity contribution in [3.8, 4) is 11.5 Å². The number of amides is 4. The topological polar surface area (TPSA) is 128 Å². The Morgan fingerprint density at radius 2 is 1.43 bits per heavy atom. The highest BCUT2D eigenvalue weighted by Crippen LogP contribution is 2.65. The highest BCUT2D eigenvalue weighted by molar-refractivity contribution is 6.30. The predicted octanol–water partition coefficient (Wildman–Crippen LogP) is 9.02. The number of hydrazine groups is 1. The van der Waals surface area contributed by atoms with E-state index in [4.69, 9.17) is 11.6 Å². The Hall–Kier alpha value is -6.67. The van der Waals surface area contributed by atoms with Gasteiger partial charge in [-0.15, -0.1) is 13.2 Å². The Bertz CT molecular complexity index is 2570. The van der Waals surface area contributed by atoms with Crippen molar-refractivity contribution in [1.82, 2.24) is 5.01 Å². The van der Waals surface area contributed by atoms with Crippen LogP contribution in [-0.4, -0.2) is 40.1 Å². The number of nitrogens with one attached hydrogen (secondary N) is 2. The van der Waals surface area contributed by atoms with Crippen LogP contribution in [0.15, 0.2) is 133 Å². The summed E-state index contributed by atoms with van der Waals surface area (Å²) in [5.74, 6) is -9.84. The third-order valence-corrected chi connectivity index (χ3v) is 12.2. The van der Waals surface area contributed by atoms with E-state index in [1.165, 1.54) is 36.4 Å². The Morgan fingerprint density at radius 1 is 0.767 bits per heavy atom. The average Bonchev–Trinajstić information content (AvgIpc) is 3.60. The standard InChI is InChI=1S/C45H33ClF4N4O6/c46-25-8-6-24(7-9-25)44-36(41(57)54(43(44)59)52-29-12-10-26(47)11-13-29)23-34-32(39(44)35-22-31(18-21-37(35)55)60-45(48,49)50)19-20-33-38(34)42(58)53(40(33)56)30-16-14-28(15-17-30)51-27-4-2-1-3-5-27/h1-19,21-22,33-34,36,38-39,51-52,55H,20,23H2/t33-,34+,36-,38-,39+,44+/m0/s1. The van der Waals surface area contributed by atoms with Gasteiger partial charge in [0.05, 0.1) is 34.5 Å². The zero-order chi connectivity index (χ0) is 42.1. The van der Waals surface area contributed by atoms with Gasteiger partial charge in [0, 0.05) is 27.9 Å². The van der Waals surface area contributed by atoms with Gasteiger partial charge in [-0.2, -0.15) is 5.01 Å². The van der Waals surface area contributed by atoms with E-state index in [0.29, 0.717) is 16.9 Å². The monoisotopic (exact) mass is 836 g/mol. The van der Waals surface area contributed by atoms with E-state index in [9.17, 15) is 37.1 Å². The Kier molecular flexibility index (Phi) is 9.42. The van der Waals surface area contributed by atoms with E-state index in [2.05, 4.69) is 15.5 Å². The Morgan fingerprint density at radius 3 is 2.12 bits per heavy atom. The summed E-state index contributed by atoms with van der Waals surface area (Å²) < 4.78 is 59.3. The summed E-state index contributed by atoms with van der Waals surface area (Å²) >= 11 is 6.32. The van der Waals surface area contributed by atoms with Gasteiger partial charge in [0.1, 0.15) is 17.3 Å². The molecule has 2 aliphatic carbocycles. The number of carbonyl (C=O) groups is 4. The van der Waals surface area contributed by atoms with E-state index >= 15 is 4.79 Å². The first kappa shape index (κ1) is 38.8. The van der Waals surface area contributed by atoms with Gasteiger partial charge >= 0.3 is 6.36 Å². The minimum absolute atomic E-state index is 0.0161. The first-order chi connectivity index (χ1) is 28.7. The van der Waals surface area contributed by atoms with E-state index in [1.54, 1.807) is 30.3 Å². The zero-order valence-electron chi connectivity index (χ0n) is 31.2. The molecule has 0 bridgehead atoms. The predicted molar refractivity (Wildman–Crippen MR) is 212 cm³/mol. The number of phenols is 1. The second-order valence-electron chi connectivity index (χ2n) is 15.2. The molecule has 60 heavy (non-hydrogen) atoms. The molecule has 10 nitrogen and oxygen atoms in total. The molecule has 5 aromatic carbocycles. The van der Waals surface area contributed by atoms with Crippen LogP contribution in [0.2, 0.25) is 5.02 Å². The van der Waals surface area contributed by atoms with Crippen molar-refractivity contribution >= 4 is 58.0 Å². The van der Waals surface area contributed by atoms with Gasteiger partial charge in [0.25, 0.3) is 11.8 Å². The van der Waals surface area contributed by atoms with Crippen LogP contribution in [0, 0.1) is 29.5 Å². The number of anilines is 4. The summed E-state index contributed by atoms with van der Waals surface area (Å²) in [6, 6.07) is 30.1. The minimum Gasteiger partial charge on any atom is -0.508 e. The lowest BCUT2D eigenvalue weighted by atomic mass is 9.49. The molecule has 6 atom stereocenters. The number of nitrogens with zero attached hydrogens (tertiary/aromatic N) is 2. The molecule has 2 aliphatic heterocycles. The lowest BCUT2D eigenvalue weighted by molar-refractivity contribution is -0.274. The van der Waals surface area contributed by atoms with Crippen LogP contribution in [0.5, 0.6) is 11.5 Å². The number of para-hydroxylation sites is 1. The number of imide groups is 2. The van der Waals surface area contributed by atoms with Crippen molar-refractivity contribution in [2.75, 3.05) is 15.6 Å². The number of alkyl halides is 3. The molecule has 5 aromatic rings. The zero-order valence-corrected chi connectivity index (χ0v) is 32.0. The molecular formula is C45H33ClF4N4O6. The summed E-state index contributed by atoms with van der Waals surface area (Å²) in [6.45, 7) is 0. The number of fused-ring (bicyclic) bond motifs is 4. The first-order valence-corrected chi connectivity index (χ1v) is 19.4. The van der Waals surface area contributed by atoms with Gasteiger partial charge in [-0.05, 0) is 115 Å². The molecule has 2 heterocycles. The fourth-order valence-corrected chi connectivity index (χ4v) is 9.72. The SMILES string of the molecule is O=C1[C@@H]2C[C@@H]3C(=CC[C@@H]4C(=O)N(c5ccc(Nc6ccccc6)cc5)C(=O)[C@@H]43)[C@H](c3cc(OC(F)(F)F)ccc3O)[C@]2(c2ccc(Cl)cc2)C(=O)N1Nc1ccc(F)cc1. The molecule has 0 unspecified atom stereocenters. The molecule has 0 radical (unpaired) electrons. The number of benzene rings is 5. The number of carbonyl (C=O) groups excluding carboxylic acids is 4. The molecule has 4 aliphatic rings. The first-order valence-electron chi connectivity index (χ1n) is 19.0. The van der Waals surface area contributed by atoms with Crippen molar-refractivity contribution in [2.45, 2.75) is 30.5 Å². The van der Waals surface area contributed by atoms with Gasteiger partial charge in [-0.3, -0.25) is 29.5 Å². The number of hydrogen-bond donors (Lipinski definition) is 3. The maximum atomic E-state index is 15.3. The summed E-state index contributed by atoms with van der Waals surface area (Å²) in [4.78, 5) is 60.3. The van der Waals surface area contributed by atoms with E-state index in [1.807, 2.05) is 30.3 Å². The van der Waals surface area contributed by atoms with Crippen molar-refractivity contribution in [3.63, 3.8) is 0 Å². The normalized spacial score (nSPS) is 24.8. The lowest BCUT2D eigenvalue weighted by Crippen LogP contribution is -2.53. The molecule has 3 N–H and O–H groups in total. The molecule has 1 saturated carbocycles. The molecule has 2 saturated heterocycles. The van der Waals surface area contributed by atoms with E-state index in [-0.39, 0.29) is 34.7 Å². The Balaban J connectivity index is 1.18. The van der Waals surface area contributed by atoms with Crippen molar-refractivity contribution in [1.29, 1.82) is 0 Å². The van der Waals surface area contributed by atoms with Crippen LogP contribution < -0.4 is 20.4 Å². The summed E-state index contributed by atoms with van der Waals surface area (Å²) in [7, 11) is 0. The number of allylic oxidation sites excluding steroid dienone is 2. The fraction of sp³-hybridized carbons (Fsp3) is 0.200. The number of aromatic hydroxyl groups is 1. The quantitative estimate of drug-likeness (QED) is 0.0803. The van der Waals surface area contributed by atoms with Gasteiger partial charge < -0.3 is 15.2 Å². The van der Waals surface area contributed by atoms with Gasteiger partial charge in [-0.1, -0.05) is 53.6 Å². The van der Waals surface area contributed by atoms with Gasteiger partial charge in [0.2, 0.25) is 11.8 Å². The summed E-state index contributed by atoms with van der Waals surface area (Å²) in [5.41, 5.74) is 3.35. The highest BCUT2D eigenvalue weighted by Gasteiger charge is 2.70. The molecular weight excluding hydrogens is 804 g/mol. The fourth-order valence-electron chi connectivity index (χ4n) is 9.60.